The van der Waals surface area contributed by atoms with Crippen molar-refractivity contribution in [3.8, 4) is 0 Å². The van der Waals surface area contributed by atoms with Gasteiger partial charge < -0.3 is 10.6 Å². The van der Waals surface area contributed by atoms with Gasteiger partial charge in [0.1, 0.15) is 0 Å². The van der Waals surface area contributed by atoms with Crippen molar-refractivity contribution in [3.05, 3.63) is 23.8 Å². The molecule has 1 aromatic rings. The first-order chi connectivity index (χ1) is 11.1. The standard InChI is InChI=1S/C16H23N3O4S/c1-11(2)19(10-16(17)21)24(22,23)14-6-7-15-13(9-14)5-4-8-18(15)12(3)20/h6-7,9,11H,4-5,8,10H2,1-3H3,(H2,17,21). The van der Waals surface area contributed by atoms with Gasteiger partial charge in [0.15, 0.2) is 0 Å². The number of hydrogen-bond acceptors (Lipinski definition) is 4. The van der Waals surface area contributed by atoms with E-state index in [9.17, 15) is 18.0 Å². The number of primary amides is 1. The van der Waals surface area contributed by atoms with Crippen LogP contribution in [0.2, 0.25) is 0 Å². The molecular weight excluding hydrogens is 330 g/mol. The lowest BCUT2D eigenvalue weighted by Gasteiger charge is -2.30. The number of amides is 2. The van der Waals surface area contributed by atoms with E-state index < -0.39 is 22.0 Å². The number of benzene rings is 1. The predicted octanol–water partition coefficient (Wildman–Crippen LogP) is 0.870. The summed E-state index contributed by atoms with van der Waals surface area (Å²) in [7, 11) is -3.84. The maximum Gasteiger partial charge on any atom is 0.243 e. The predicted molar refractivity (Wildman–Crippen MR) is 91.0 cm³/mol. The summed E-state index contributed by atoms with van der Waals surface area (Å²) in [6.07, 6.45) is 1.49. The fraction of sp³-hybridized carbons (Fsp3) is 0.500. The van der Waals surface area contributed by atoms with Gasteiger partial charge in [-0.3, -0.25) is 9.59 Å². The number of nitrogens with zero attached hydrogens (tertiary/aromatic N) is 2. The van der Waals surface area contributed by atoms with E-state index >= 15 is 0 Å². The molecule has 0 aromatic heterocycles. The lowest BCUT2D eigenvalue weighted by molar-refractivity contribution is -0.118. The number of anilines is 1. The fourth-order valence-electron chi connectivity index (χ4n) is 2.90. The van der Waals surface area contributed by atoms with Crippen LogP contribution in [0, 0.1) is 0 Å². The Morgan fingerprint density at radius 1 is 1.33 bits per heavy atom. The Bertz CT molecular complexity index is 759. The smallest absolute Gasteiger partial charge is 0.243 e. The molecule has 0 radical (unpaired) electrons. The average molecular weight is 353 g/mol. The summed E-state index contributed by atoms with van der Waals surface area (Å²) in [5.74, 6) is -0.767. The van der Waals surface area contributed by atoms with E-state index in [0.717, 1.165) is 22.0 Å². The molecule has 1 aromatic carbocycles. The molecule has 0 unspecified atom stereocenters. The minimum atomic E-state index is -3.84. The SMILES string of the molecule is CC(=O)N1CCCc2cc(S(=O)(=O)N(CC(N)=O)C(C)C)ccc21. The minimum absolute atomic E-state index is 0.0657. The normalized spacial score (nSPS) is 14.8. The summed E-state index contributed by atoms with van der Waals surface area (Å²) in [5.41, 5.74) is 6.75. The van der Waals surface area contributed by atoms with E-state index in [-0.39, 0.29) is 17.3 Å². The summed E-state index contributed by atoms with van der Waals surface area (Å²) < 4.78 is 26.8. The van der Waals surface area contributed by atoms with E-state index in [1.54, 1.807) is 30.9 Å². The Morgan fingerprint density at radius 3 is 2.54 bits per heavy atom. The van der Waals surface area contributed by atoms with Gasteiger partial charge in [-0.1, -0.05) is 0 Å². The highest BCUT2D eigenvalue weighted by molar-refractivity contribution is 7.89. The Kier molecular flexibility index (Phi) is 5.29. The van der Waals surface area contributed by atoms with Crippen molar-refractivity contribution >= 4 is 27.5 Å². The second kappa shape index (κ2) is 6.90. The number of nitrogens with two attached hydrogens (primary N) is 1. The number of fused-ring (bicyclic) bond motifs is 1. The van der Waals surface area contributed by atoms with Gasteiger partial charge in [0.25, 0.3) is 0 Å². The van der Waals surface area contributed by atoms with E-state index in [4.69, 9.17) is 5.73 Å². The average Bonchev–Trinajstić information content (AvgIpc) is 2.50. The van der Waals surface area contributed by atoms with Crippen LogP contribution in [0.3, 0.4) is 0 Å². The maximum absolute atomic E-state index is 12.8. The van der Waals surface area contributed by atoms with Gasteiger partial charge in [-0.15, -0.1) is 0 Å². The first-order valence-corrected chi connectivity index (χ1v) is 9.29. The molecule has 2 amide bonds. The van der Waals surface area contributed by atoms with E-state index in [1.807, 2.05) is 0 Å². The summed E-state index contributed by atoms with van der Waals surface area (Å²) >= 11 is 0. The van der Waals surface area contributed by atoms with Gasteiger partial charge in [-0.2, -0.15) is 4.31 Å². The molecule has 1 heterocycles. The van der Waals surface area contributed by atoms with Gasteiger partial charge in [-0.25, -0.2) is 8.42 Å². The topological polar surface area (TPSA) is 101 Å². The molecule has 0 spiro atoms. The van der Waals surface area contributed by atoms with E-state index in [1.165, 1.54) is 13.0 Å². The van der Waals surface area contributed by atoms with Crippen LogP contribution in [0.25, 0.3) is 0 Å². The lowest BCUT2D eigenvalue weighted by atomic mass is 10.0. The molecule has 0 bridgehead atoms. The lowest BCUT2D eigenvalue weighted by Crippen LogP contribution is -2.42. The molecular formula is C16H23N3O4S. The van der Waals surface area contributed by atoms with Crippen molar-refractivity contribution in [3.63, 3.8) is 0 Å². The molecule has 24 heavy (non-hydrogen) atoms. The van der Waals surface area contributed by atoms with Crippen LogP contribution >= 0.6 is 0 Å². The molecule has 2 rings (SSSR count). The number of rotatable bonds is 5. The van der Waals surface area contributed by atoms with E-state index in [0.29, 0.717) is 13.0 Å². The van der Waals surface area contributed by atoms with Crippen molar-refractivity contribution in [1.29, 1.82) is 0 Å². The maximum atomic E-state index is 12.8. The molecule has 1 aliphatic heterocycles. The summed E-state index contributed by atoms with van der Waals surface area (Å²) in [4.78, 5) is 24.7. The first kappa shape index (κ1) is 18.4. The minimum Gasteiger partial charge on any atom is -0.369 e. The first-order valence-electron chi connectivity index (χ1n) is 7.85. The van der Waals surface area contributed by atoms with Gasteiger partial charge in [-0.05, 0) is 50.5 Å². The van der Waals surface area contributed by atoms with Gasteiger partial charge in [0, 0.05) is 25.2 Å². The van der Waals surface area contributed by atoms with Crippen molar-refractivity contribution in [2.24, 2.45) is 5.73 Å². The van der Waals surface area contributed by atoms with Crippen molar-refractivity contribution in [2.45, 2.75) is 44.6 Å². The zero-order valence-electron chi connectivity index (χ0n) is 14.2. The molecule has 7 nitrogen and oxygen atoms in total. The van der Waals surface area contributed by atoms with Crippen LogP contribution in [0.4, 0.5) is 5.69 Å². The molecule has 132 valence electrons. The third-order valence-corrected chi connectivity index (χ3v) is 6.06. The third kappa shape index (κ3) is 3.59. The van der Waals surface area contributed by atoms with Crippen LogP contribution in [0.5, 0.6) is 0 Å². The number of sulfonamides is 1. The largest absolute Gasteiger partial charge is 0.369 e. The van der Waals surface area contributed by atoms with Crippen molar-refractivity contribution in [1.82, 2.24) is 4.31 Å². The van der Waals surface area contributed by atoms with Crippen molar-refractivity contribution in [2.75, 3.05) is 18.0 Å². The van der Waals surface area contributed by atoms with Crippen molar-refractivity contribution < 1.29 is 18.0 Å². The molecule has 0 atom stereocenters. The Balaban J connectivity index is 2.45. The van der Waals surface area contributed by atoms with Crippen LogP contribution in [-0.4, -0.2) is 43.7 Å². The molecule has 8 heteroatoms. The van der Waals surface area contributed by atoms with Gasteiger partial charge >= 0.3 is 0 Å². The van der Waals surface area contributed by atoms with Gasteiger partial charge in [0.2, 0.25) is 21.8 Å². The Labute approximate surface area is 142 Å². The second-order valence-electron chi connectivity index (χ2n) is 6.18. The third-order valence-electron chi connectivity index (χ3n) is 4.04. The van der Waals surface area contributed by atoms with Crippen LogP contribution in [0.1, 0.15) is 32.8 Å². The highest BCUT2D eigenvalue weighted by Crippen LogP contribution is 2.30. The molecule has 0 saturated heterocycles. The Hall–Kier alpha value is -1.93. The highest BCUT2D eigenvalue weighted by atomic mass is 32.2. The molecule has 1 aliphatic rings. The number of hydrogen-bond donors (Lipinski definition) is 1. The molecule has 0 fully saturated rings. The van der Waals surface area contributed by atoms with E-state index in [2.05, 4.69) is 0 Å². The van der Waals surface area contributed by atoms with Gasteiger partial charge in [0.05, 0.1) is 11.4 Å². The summed E-state index contributed by atoms with van der Waals surface area (Å²) in [6, 6.07) is 4.33. The summed E-state index contributed by atoms with van der Waals surface area (Å²) in [5, 5.41) is 0. The fourth-order valence-corrected chi connectivity index (χ4v) is 4.55. The van der Waals surface area contributed by atoms with Crippen LogP contribution < -0.4 is 10.6 Å². The zero-order valence-corrected chi connectivity index (χ0v) is 15.0. The second-order valence-corrected chi connectivity index (χ2v) is 8.07. The number of carbonyl (C=O) groups excluding carboxylic acids is 2. The number of aryl methyl sites for hydroxylation is 1. The monoisotopic (exact) mass is 353 g/mol. The zero-order chi connectivity index (χ0) is 18.1. The van der Waals surface area contributed by atoms with Crippen LogP contribution in [-0.2, 0) is 26.0 Å². The molecule has 2 N–H and O–H groups in total. The van der Waals surface area contributed by atoms with Crippen LogP contribution in [0.15, 0.2) is 23.1 Å². The summed E-state index contributed by atoms with van der Waals surface area (Å²) in [6.45, 7) is 5.14. The Morgan fingerprint density at radius 2 is 2.00 bits per heavy atom. The molecule has 0 aliphatic carbocycles. The quantitative estimate of drug-likeness (QED) is 0.849. The molecule has 0 saturated carbocycles. The highest BCUT2D eigenvalue weighted by Gasteiger charge is 2.30. The number of carbonyl (C=O) groups is 2.